The predicted octanol–water partition coefficient (Wildman–Crippen LogP) is -1.58. The smallest absolute Gasteiger partial charge is 0.322 e. The van der Waals surface area contributed by atoms with Gasteiger partial charge in [-0.3, -0.25) is 24.0 Å². The maximum absolute atomic E-state index is 12.5. The second-order valence-electron chi connectivity index (χ2n) is 8.08. The summed E-state index contributed by atoms with van der Waals surface area (Å²) in [5.74, 6) is -3.51. The molecule has 1 saturated heterocycles. The molecule has 170 valence electrons. The van der Waals surface area contributed by atoms with Gasteiger partial charge in [-0.1, -0.05) is 27.7 Å². The lowest BCUT2D eigenvalue weighted by atomic mass is 10.0. The highest BCUT2D eigenvalue weighted by molar-refractivity contribution is 5.94. The van der Waals surface area contributed by atoms with Gasteiger partial charge in [-0.2, -0.15) is 0 Å². The zero-order chi connectivity index (χ0) is 23.0. The molecule has 1 rings (SSSR count). The predicted molar refractivity (Wildman–Crippen MR) is 108 cm³/mol. The van der Waals surface area contributed by atoms with Crippen molar-refractivity contribution in [3.8, 4) is 0 Å². The minimum atomic E-state index is -1.20. The summed E-state index contributed by atoms with van der Waals surface area (Å²) in [4.78, 5) is 61.3. The third kappa shape index (κ3) is 7.29. The van der Waals surface area contributed by atoms with Crippen molar-refractivity contribution in [1.29, 1.82) is 0 Å². The highest BCUT2D eigenvalue weighted by Gasteiger charge is 2.37. The average molecular weight is 428 g/mol. The fraction of sp³-hybridized carbons (Fsp3) is 0.737. The van der Waals surface area contributed by atoms with Crippen LogP contribution in [0.25, 0.3) is 0 Å². The van der Waals surface area contributed by atoms with Crippen LogP contribution in [0, 0.1) is 11.8 Å². The van der Waals surface area contributed by atoms with Crippen molar-refractivity contribution >= 4 is 29.6 Å². The Morgan fingerprint density at radius 2 is 1.67 bits per heavy atom. The van der Waals surface area contributed by atoms with Crippen LogP contribution >= 0.6 is 0 Å². The molecular formula is C19H33N5O6. The van der Waals surface area contributed by atoms with Crippen molar-refractivity contribution in [3.05, 3.63) is 0 Å². The maximum atomic E-state index is 12.5. The van der Waals surface area contributed by atoms with Crippen molar-refractivity contribution < 1.29 is 29.1 Å². The van der Waals surface area contributed by atoms with Crippen molar-refractivity contribution in [3.63, 3.8) is 0 Å². The molecule has 0 aliphatic carbocycles. The Kier molecular flexibility index (Phi) is 9.70. The van der Waals surface area contributed by atoms with E-state index in [1.807, 2.05) is 13.8 Å². The van der Waals surface area contributed by atoms with Crippen molar-refractivity contribution in [2.75, 3.05) is 19.6 Å². The first kappa shape index (κ1) is 25.3. The highest BCUT2D eigenvalue weighted by atomic mass is 16.4. The molecule has 1 aliphatic rings. The van der Waals surface area contributed by atoms with Crippen molar-refractivity contribution in [1.82, 2.24) is 20.9 Å². The standard InChI is InChI=1S/C19H33N5O6/c1-10(2)15(20)19(30)24-7-5-6-12(24)17(28)21-8-13(25)23-16(11(3)4)18(29)22-9-14(26)27/h10-12,15-16H,5-9,20H2,1-4H3,(H,21,28)(H,22,29)(H,23,25)(H,26,27). The van der Waals surface area contributed by atoms with Gasteiger partial charge in [0, 0.05) is 6.54 Å². The Balaban J connectivity index is 2.61. The molecule has 30 heavy (non-hydrogen) atoms. The number of aliphatic carboxylic acids is 1. The number of nitrogens with one attached hydrogen (secondary N) is 3. The van der Waals surface area contributed by atoms with Gasteiger partial charge in [0.25, 0.3) is 0 Å². The van der Waals surface area contributed by atoms with Gasteiger partial charge in [-0.05, 0) is 24.7 Å². The van der Waals surface area contributed by atoms with Crippen LogP contribution in [0.4, 0.5) is 0 Å². The number of amides is 4. The van der Waals surface area contributed by atoms with Gasteiger partial charge in [0.15, 0.2) is 0 Å². The summed E-state index contributed by atoms with van der Waals surface area (Å²) in [6.45, 7) is 6.56. The molecule has 4 amide bonds. The van der Waals surface area contributed by atoms with Crippen LogP contribution in [0.5, 0.6) is 0 Å². The Hall–Kier alpha value is -2.69. The summed E-state index contributed by atoms with van der Waals surface area (Å²) in [6, 6.07) is -2.32. The molecule has 1 fully saturated rings. The number of carbonyl (C=O) groups is 5. The summed E-state index contributed by atoms with van der Waals surface area (Å²) >= 11 is 0. The molecule has 0 bridgehead atoms. The largest absolute Gasteiger partial charge is 0.480 e. The number of carboxylic acids is 1. The van der Waals surface area contributed by atoms with E-state index < -0.39 is 48.4 Å². The van der Waals surface area contributed by atoms with E-state index in [4.69, 9.17) is 10.8 Å². The van der Waals surface area contributed by atoms with Crippen LogP contribution in [-0.2, 0) is 24.0 Å². The van der Waals surface area contributed by atoms with Crippen LogP contribution in [0.15, 0.2) is 0 Å². The molecule has 0 spiro atoms. The zero-order valence-electron chi connectivity index (χ0n) is 17.9. The summed E-state index contributed by atoms with van der Waals surface area (Å²) in [5, 5.41) is 15.9. The summed E-state index contributed by atoms with van der Waals surface area (Å²) < 4.78 is 0. The summed E-state index contributed by atoms with van der Waals surface area (Å²) in [7, 11) is 0. The maximum Gasteiger partial charge on any atom is 0.322 e. The molecular weight excluding hydrogens is 394 g/mol. The first-order valence-electron chi connectivity index (χ1n) is 10.1. The number of carboxylic acid groups (broad SMARTS) is 1. The minimum absolute atomic E-state index is 0.0622. The van der Waals surface area contributed by atoms with Crippen LogP contribution in [0.2, 0.25) is 0 Å². The second-order valence-corrected chi connectivity index (χ2v) is 8.08. The van der Waals surface area contributed by atoms with E-state index in [2.05, 4.69) is 16.0 Å². The summed E-state index contributed by atoms with van der Waals surface area (Å²) in [5.41, 5.74) is 5.92. The second kappa shape index (κ2) is 11.5. The molecule has 3 atom stereocenters. The fourth-order valence-corrected chi connectivity index (χ4v) is 3.10. The summed E-state index contributed by atoms with van der Waals surface area (Å²) in [6.07, 6.45) is 1.15. The number of hydrogen-bond acceptors (Lipinski definition) is 6. The Morgan fingerprint density at radius 1 is 1.03 bits per heavy atom. The number of nitrogens with zero attached hydrogens (tertiary/aromatic N) is 1. The normalized spacial score (nSPS) is 18.1. The number of carbonyl (C=O) groups excluding carboxylic acids is 4. The first-order chi connectivity index (χ1) is 14.0. The van der Waals surface area contributed by atoms with E-state index in [1.165, 1.54) is 4.90 Å². The topological polar surface area (TPSA) is 171 Å². The molecule has 11 nitrogen and oxygen atoms in total. The molecule has 6 N–H and O–H groups in total. The Bertz CT molecular complexity index is 666. The van der Waals surface area contributed by atoms with Crippen LogP contribution in [0.1, 0.15) is 40.5 Å². The highest BCUT2D eigenvalue weighted by Crippen LogP contribution is 2.19. The zero-order valence-corrected chi connectivity index (χ0v) is 17.9. The van der Waals surface area contributed by atoms with Crippen molar-refractivity contribution in [2.24, 2.45) is 17.6 Å². The number of hydrogen-bond donors (Lipinski definition) is 5. The molecule has 1 aliphatic heterocycles. The quantitative estimate of drug-likeness (QED) is 0.280. The molecule has 1 heterocycles. The van der Waals surface area contributed by atoms with Gasteiger partial charge in [0.1, 0.15) is 18.6 Å². The van der Waals surface area contributed by atoms with E-state index in [0.717, 1.165) is 0 Å². The van der Waals surface area contributed by atoms with Gasteiger partial charge >= 0.3 is 5.97 Å². The molecule has 0 aromatic rings. The SMILES string of the molecule is CC(C)C(N)C(=O)N1CCCC1C(=O)NCC(=O)NC(C(=O)NCC(=O)O)C(C)C. The number of nitrogens with two attached hydrogens (primary N) is 1. The number of rotatable bonds is 10. The van der Waals surface area contributed by atoms with Crippen LogP contribution in [0.3, 0.4) is 0 Å². The lowest BCUT2D eigenvalue weighted by molar-refractivity contribution is -0.140. The lowest BCUT2D eigenvalue weighted by Crippen LogP contribution is -2.55. The van der Waals surface area contributed by atoms with Gasteiger partial charge in [-0.15, -0.1) is 0 Å². The van der Waals surface area contributed by atoms with Gasteiger partial charge in [0.05, 0.1) is 12.6 Å². The van der Waals surface area contributed by atoms with Gasteiger partial charge < -0.3 is 31.7 Å². The van der Waals surface area contributed by atoms with E-state index in [-0.39, 0.29) is 24.3 Å². The minimum Gasteiger partial charge on any atom is -0.480 e. The molecule has 0 radical (unpaired) electrons. The lowest BCUT2D eigenvalue weighted by Gasteiger charge is -2.28. The average Bonchev–Trinajstić information content (AvgIpc) is 3.16. The third-order valence-corrected chi connectivity index (χ3v) is 4.94. The van der Waals surface area contributed by atoms with E-state index in [9.17, 15) is 24.0 Å². The molecule has 0 saturated carbocycles. The van der Waals surface area contributed by atoms with E-state index >= 15 is 0 Å². The first-order valence-corrected chi connectivity index (χ1v) is 10.1. The molecule has 11 heteroatoms. The van der Waals surface area contributed by atoms with E-state index in [0.29, 0.717) is 19.4 Å². The van der Waals surface area contributed by atoms with Crippen molar-refractivity contribution in [2.45, 2.75) is 58.7 Å². The molecule has 3 unspecified atom stereocenters. The Morgan fingerprint density at radius 3 is 2.20 bits per heavy atom. The number of likely N-dealkylation sites (tertiary alicyclic amines) is 1. The fourth-order valence-electron chi connectivity index (χ4n) is 3.10. The van der Waals surface area contributed by atoms with Gasteiger partial charge in [0.2, 0.25) is 23.6 Å². The Labute approximate surface area is 176 Å². The third-order valence-electron chi connectivity index (χ3n) is 4.94. The van der Waals surface area contributed by atoms with Crippen LogP contribution in [-0.4, -0.2) is 77.4 Å². The monoisotopic (exact) mass is 427 g/mol. The van der Waals surface area contributed by atoms with Crippen LogP contribution < -0.4 is 21.7 Å². The molecule has 0 aromatic heterocycles. The van der Waals surface area contributed by atoms with E-state index in [1.54, 1.807) is 13.8 Å². The van der Waals surface area contributed by atoms with Gasteiger partial charge in [-0.25, -0.2) is 0 Å². The molecule has 0 aromatic carbocycles.